The van der Waals surface area contributed by atoms with Crippen molar-refractivity contribution >= 4 is 5.69 Å². The standard InChI is InChI=1S/C13H20N2O2/c1-9-4-12(16-2)13(17-3)5-11(9)15-8-10-6-14-7-10/h4-5,10,14-15H,6-8H2,1-3H3. The Bertz CT molecular complexity index is 389. The second-order valence-electron chi connectivity index (χ2n) is 4.43. The van der Waals surface area contributed by atoms with E-state index in [2.05, 4.69) is 17.6 Å². The third kappa shape index (κ3) is 2.64. The predicted octanol–water partition coefficient (Wildman–Crippen LogP) is 1.64. The number of nitrogens with one attached hydrogen (secondary N) is 2. The van der Waals surface area contributed by atoms with E-state index in [1.54, 1.807) is 14.2 Å². The van der Waals surface area contributed by atoms with Crippen molar-refractivity contribution in [1.82, 2.24) is 5.32 Å². The number of methoxy groups -OCH3 is 2. The van der Waals surface area contributed by atoms with Crippen LogP contribution in [0.5, 0.6) is 11.5 Å². The lowest BCUT2D eigenvalue weighted by molar-refractivity contribution is 0.354. The van der Waals surface area contributed by atoms with E-state index in [1.165, 1.54) is 5.56 Å². The van der Waals surface area contributed by atoms with Crippen molar-refractivity contribution in [3.05, 3.63) is 17.7 Å². The van der Waals surface area contributed by atoms with Crippen molar-refractivity contribution in [2.24, 2.45) is 5.92 Å². The number of hydrogen-bond acceptors (Lipinski definition) is 4. The van der Waals surface area contributed by atoms with Gasteiger partial charge in [0.15, 0.2) is 11.5 Å². The van der Waals surface area contributed by atoms with E-state index in [0.29, 0.717) is 0 Å². The normalized spacial score (nSPS) is 15.2. The Kier molecular flexibility index (Phi) is 3.74. The highest BCUT2D eigenvalue weighted by Gasteiger charge is 2.16. The number of hydrogen-bond donors (Lipinski definition) is 2. The van der Waals surface area contributed by atoms with Crippen LogP contribution in [0.25, 0.3) is 0 Å². The summed E-state index contributed by atoms with van der Waals surface area (Å²) in [5, 5.41) is 6.73. The van der Waals surface area contributed by atoms with Crippen molar-refractivity contribution in [3.63, 3.8) is 0 Å². The monoisotopic (exact) mass is 236 g/mol. The number of rotatable bonds is 5. The first-order chi connectivity index (χ1) is 8.24. The van der Waals surface area contributed by atoms with Gasteiger partial charge in [0.25, 0.3) is 0 Å². The number of anilines is 1. The third-order valence-corrected chi connectivity index (χ3v) is 3.18. The van der Waals surface area contributed by atoms with Crippen LogP contribution in [0.15, 0.2) is 12.1 Å². The topological polar surface area (TPSA) is 42.5 Å². The highest BCUT2D eigenvalue weighted by molar-refractivity contribution is 5.60. The molecular formula is C13H20N2O2. The highest BCUT2D eigenvalue weighted by Crippen LogP contribution is 2.32. The summed E-state index contributed by atoms with van der Waals surface area (Å²) in [6.07, 6.45) is 0. The predicted molar refractivity (Wildman–Crippen MR) is 69.1 cm³/mol. The summed E-state index contributed by atoms with van der Waals surface area (Å²) in [6, 6.07) is 4.00. The van der Waals surface area contributed by atoms with Crippen LogP contribution < -0.4 is 20.1 Å². The zero-order valence-corrected chi connectivity index (χ0v) is 10.7. The smallest absolute Gasteiger partial charge is 0.162 e. The minimum absolute atomic E-state index is 0.738. The molecule has 1 heterocycles. The van der Waals surface area contributed by atoms with Crippen LogP contribution in [0, 0.1) is 12.8 Å². The molecule has 17 heavy (non-hydrogen) atoms. The van der Waals surface area contributed by atoms with Gasteiger partial charge in [-0.15, -0.1) is 0 Å². The average Bonchev–Trinajstić information content (AvgIpc) is 2.28. The molecule has 1 aromatic carbocycles. The summed E-state index contributed by atoms with van der Waals surface area (Å²) in [5.41, 5.74) is 2.30. The van der Waals surface area contributed by atoms with Gasteiger partial charge in [0, 0.05) is 37.3 Å². The van der Waals surface area contributed by atoms with Gasteiger partial charge >= 0.3 is 0 Å². The molecule has 4 heteroatoms. The molecule has 94 valence electrons. The Morgan fingerprint density at radius 2 is 1.88 bits per heavy atom. The maximum atomic E-state index is 5.30. The zero-order valence-electron chi connectivity index (χ0n) is 10.7. The molecular weight excluding hydrogens is 216 g/mol. The van der Waals surface area contributed by atoms with Gasteiger partial charge in [-0.1, -0.05) is 0 Å². The molecule has 0 saturated carbocycles. The molecule has 1 aliphatic rings. The minimum atomic E-state index is 0.738. The highest BCUT2D eigenvalue weighted by atomic mass is 16.5. The van der Waals surface area contributed by atoms with Crippen LogP contribution in [0.2, 0.25) is 0 Å². The Hall–Kier alpha value is -1.42. The summed E-state index contributed by atoms with van der Waals surface area (Å²) < 4.78 is 10.6. The van der Waals surface area contributed by atoms with E-state index < -0.39 is 0 Å². The largest absolute Gasteiger partial charge is 0.493 e. The fraction of sp³-hybridized carbons (Fsp3) is 0.538. The summed E-state index contributed by atoms with van der Waals surface area (Å²) in [6.45, 7) is 5.30. The van der Waals surface area contributed by atoms with E-state index >= 15 is 0 Å². The maximum absolute atomic E-state index is 5.30. The lowest BCUT2D eigenvalue weighted by atomic mass is 10.0. The van der Waals surface area contributed by atoms with Gasteiger partial charge in [-0.25, -0.2) is 0 Å². The van der Waals surface area contributed by atoms with Gasteiger partial charge < -0.3 is 20.1 Å². The minimum Gasteiger partial charge on any atom is -0.493 e. The molecule has 2 N–H and O–H groups in total. The SMILES string of the molecule is COc1cc(C)c(NCC2CNC2)cc1OC. The fourth-order valence-corrected chi connectivity index (χ4v) is 1.92. The zero-order chi connectivity index (χ0) is 12.3. The van der Waals surface area contributed by atoms with E-state index in [1.807, 2.05) is 12.1 Å². The number of benzene rings is 1. The fourth-order valence-electron chi connectivity index (χ4n) is 1.92. The molecule has 0 spiro atoms. The first kappa shape index (κ1) is 12.0. The quantitative estimate of drug-likeness (QED) is 0.815. The number of ether oxygens (including phenoxy) is 2. The van der Waals surface area contributed by atoms with Crippen molar-refractivity contribution in [2.75, 3.05) is 39.2 Å². The molecule has 0 aromatic heterocycles. The van der Waals surface area contributed by atoms with E-state index in [0.717, 1.165) is 42.7 Å². The van der Waals surface area contributed by atoms with Crippen LogP contribution in [0.1, 0.15) is 5.56 Å². The lowest BCUT2D eigenvalue weighted by Gasteiger charge is -2.28. The summed E-state index contributed by atoms with van der Waals surface area (Å²) >= 11 is 0. The van der Waals surface area contributed by atoms with E-state index in [9.17, 15) is 0 Å². The molecule has 1 saturated heterocycles. The van der Waals surface area contributed by atoms with E-state index in [4.69, 9.17) is 9.47 Å². The van der Waals surface area contributed by atoms with Gasteiger partial charge in [0.2, 0.25) is 0 Å². The Balaban J connectivity index is 2.09. The second-order valence-corrected chi connectivity index (χ2v) is 4.43. The second kappa shape index (κ2) is 5.27. The average molecular weight is 236 g/mol. The molecule has 0 atom stereocenters. The van der Waals surface area contributed by atoms with Gasteiger partial charge in [0.1, 0.15) is 0 Å². The molecule has 0 bridgehead atoms. The van der Waals surface area contributed by atoms with Crippen LogP contribution in [-0.2, 0) is 0 Å². The first-order valence-electron chi connectivity index (χ1n) is 5.91. The molecule has 1 aliphatic heterocycles. The Morgan fingerprint density at radius 3 is 2.41 bits per heavy atom. The molecule has 0 amide bonds. The van der Waals surface area contributed by atoms with Crippen LogP contribution in [0.3, 0.4) is 0 Å². The molecule has 2 rings (SSSR count). The van der Waals surface area contributed by atoms with Crippen molar-refractivity contribution < 1.29 is 9.47 Å². The van der Waals surface area contributed by atoms with Crippen LogP contribution in [-0.4, -0.2) is 33.9 Å². The van der Waals surface area contributed by atoms with Crippen molar-refractivity contribution in [1.29, 1.82) is 0 Å². The molecule has 0 unspecified atom stereocenters. The first-order valence-corrected chi connectivity index (χ1v) is 5.91. The summed E-state index contributed by atoms with van der Waals surface area (Å²) in [4.78, 5) is 0. The lowest BCUT2D eigenvalue weighted by Crippen LogP contribution is -2.45. The molecule has 0 radical (unpaired) electrons. The van der Waals surface area contributed by atoms with Crippen molar-refractivity contribution in [2.45, 2.75) is 6.92 Å². The van der Waals surface area contributed by atoms with Gasteiger partial charge in [-0.05, 0) is 18.6 Å². The molecule has 0 aliphatic carbocycles. The van der Waals surface area contributed by atoms with E-state index in [-0.39, 0.29) is 0 Å². The Morgan fingerprint density at radius 1 is 1.24 bits per heavy atom. The van der Waals surface area contributed by atoms with Gasteiger partial charge in [-0.2, -0.15) is 0 Å². The molecule has 1 aromatic rings. The summed E-state index contributed by atoms with van der Waals surface area (Å²) in [5.74, 6) is 2.29. The Labute approximate surface area is 102 Å². The van der Waals surface area contributed by atoms with Crippen LogP contribution in [0.4, 0.5) is 5.69 Å². The summed E-state index contributed by atoms with van der Waals surface area (Å²) in [7, 11) is 3.32. The maximum Gasteiger partial charge on any atom is 0.162 e. The van der Waals surface area contributed by atoms with Gasteiger partial charge in [-0.3, -0.25) is 0 Å². The van der Waals surface area contributed by atoms with Crippen LogP contribution >= 0.6 is 0 Å². The molecule has 1 fully saturated rings. The van der Waals surface area contributed by atoms with Gasteiger partial charge in [0.05, 0.1) is 14.2 Å². The number of aryl methyl sites for hydroxylation is 1. The third-order valence-electron chi connectivity index (χ3n) is 3.18. The van der Waals surface area contributed by atoms with Crippen molar-refractivity contribution in [3.8, 4) is 11.5 Å². The molecule has 4 nitrogen and oxygen atoms in total.